The molecule has 0 heterocycles. The lowest BCUT2D eigenvalue weighted by Gasteiger charge is -2.12. The molecular formula is C15H16N2O3. The first-order valence-corrected chi connectivity index (χ1v) is 6.09. The van der Waals surface area contributed by atoms with Crippen LogP contribution in [0.25, 0.3) is 0 Å². The summed E-state index contributed by atoms with van der Waals surface area (Å²) in [6, 6.07) is 11.9. The summed E-state index contributed by atoms with van der Waals surface area (Å²) in [7, 11) is 1.48. The summed E-state index contributed by atoms with van der Waals surface area (Å²) in [6.45, 7) is -0.144. The molecule has 104 valence electrons. The van der Waals surface area contributed by atoms with E-state index in [2.05, 4.69) is 5.32 Å². The van der Waals surface area contributed by atoms with Crippen LogP contribution in [0.1, 0.15) is 15.9 Å². The zero-order chi connectivity index (χ0) is 14.5. The Labute approximate surface area is 117 Å². The number of para-hydroxylation sites is 1. The molecule has 4 N–H and O–H groups in total. The van der Waals surface area contributed by atoms with Crippen molar-refractivity contribution >= 4 is 17.3 Å². The average molecular weight is 272 g/mol. The first kappa shape index (κ1) is 13.9. The summed E-state index contributed by atoms with van der Waals surface area (Å²) in [4.78, 5) is 12.3. The second-order valence-corrected chi connectivity index (χ2v) is 4.23. The fraction of sp³-hybridized carbons (Fsp3) is 0.133. The van der Waals surface area contributed by atoms with Gasteiger partial charge in [0.25, 0.3) is 5.91 Å². The maximum Gasteiger partial charge on any atom is 0.259 e. The average Bonchev–Trinajstić information content (AvgIpc) is 2.47. The molecule has 2 aromatic rings. The molecule has 1 amide bonds. The van der Waals surface area contributed by atoms with E-state index in [4.69, 9.17) is 10.5 Å². The molecule has 2 rings (SSSR count). The second kappa shape index (κ2) is 6.08. The highest BCUT2D eigenvalue weighted by molar-refractivity contribution is 6.06. The Kier molecular flexibility index (Phi) is 4.22. The fourth-order valence-corrected chi connectivity index (χ4v) is 1.87. The molecule has 20 heavy (non-hydrogen) atoms. The molecule has 0 spiro atoms. The van der Waals surface area contributed by atoms with Gasteiger partial charge in [-0.05, 0) is 18.2 Å². The van der Waals surface area contributed by atoms with Crippen molar-refractivity contribution in [2.45, 2.75) is 6.61 Å². The fourth-order valence-electron chi connectivity index (χ4n) is 1.87. The quantitative estimate of drug-likeness (QED) is 0.743. The van der Waals surface area contributed by atoms with Gasteiger partial charge in [-0.1, -0.05) is 18.2 Å². The van der Waals surface area contributed by atoms with Gasteiger partial charge in [-0.3, -0.25) is 4.79 Å². The number of nitrogens with two attached hydrogens (primary N) is 1. The molecule has 0 aliphatic rings. The van der Waals surface area contributed by atoms with E-state index >= 15 is 0 Å². The highest BCUT2D eigenvalue weighted by Gasteiger charge is 2.13. The number of amides is 1. The van der Waals surface area contributed by atoms with Gasteiger partial charge in [0, 0.05) is 23.0 Å². The molecule has 0 fully saturated rings. The minimum absolute atomic E-state index is 0.144. The van der Waals surface area contributed by atoms with E-state index < -0.39 is 0 Å². The van der Waals surface area contributed by atoms with Gasteiger partial charge in [-0.25, -0.2) is 0 Å². The molecule has 0 atom stereocenters. The number of carbonyl (C=O) groups excluding carboxylic acids is 1. The summed E-state index contributed by atoms with van der Waals surface area (Å²) in [5.74, 6) is 0.0896. The number of hydrogen-bond acceptors (Lipinski definition) is 4. The van der Waals surface area contributed by atoms with Crippen LogP contribution in [0.5, 0.6) is 5.75 Å². The Morgan fingerprint density at radius 2 is 2.05 bits per heavy atom. The molecule has 5 nitrogen and oxygen atoms in total. The third kappa shape index (κ3) is 2.89. The van der Waals surface area contributed by atoms with Gasteiger partial charge in [0.05, 0.1) is 19.3 Å². The number of rotatable bonds is 4. The number of benzene rings is 2. The van der Waals surface area contributed by atoms with Crippen molar-refractivity contribution in [3.63, 3.8) is 0 Å². The summed E-state index contributed by atoms with van der Waals surface area (Å²) >= 11 is 0. The normalized spacial score (nSPS) is 10.1. The smallest absolute Gasteiger partial charge is 0.259 e. The van der Waals surface area contributed by atoms with Crippen LogP contribution < -0.4 is 15.8 Å². The highest BCUT2D eigenvalue weighted by Crippen LogP contribution is 2.23. The molecule has 0 aromatic heterocycles. The van der Waals surface area contributed by atoms with Gasteiger partial charge in [0.2, 0.25) is 0 Å². The summed E-state index contributed by atoms with van der Waals surface area (Å²) < 4.78 is 5.15. The molecular weight excluding hydrogens is 256 g/mol. The van der Waals surface area contributed by atoms with E-state index in [1.807, 2.05) is 0 Å². The Bertz CT molecular complexity index is 626. The second-order valence-electron chi connectivity index (χ2n) is 4.23. The number of nitrogens with one attached hydrogen (secondary N) is 1. The van der Waals surface area contributed by atoms with Crippen LogP contribution >= 0.6 is 0 Å². The van der Waals surface area contributed by atoms with Gasteiger partial charge in [0.15, 0.2) is 0 Å². The number of aliphatic hydroxyl groups excluding tert-OH is 1. The lowest BCUT2D eigenvalue weighted by atomic mass is 10.1. The maximum absolute atomic E-state index is 12.3. The topological polar surface area (TPSA) is 84.6 Å². The van der Waals surface area contributed by atoms with Crippen LogP contribution in [0.3, 0.4) is 0 Å². The number of carbonyl (C=O) groups is 1. The van der Waals surface area contributed by atoms with E-state index in [1.54, 1.807) is 42.5 Å². The molecule has 0 unspecified atom stereocenters. The number of nitrogen functional groups attached to an aromatic ring is 1. The van der Waals surface area contributed by atoms with Crippen LogP contribution in [-0.2, 0) is 6.61 Å². The van der Waals surface area contributed by atoms with Crippen LogP contribution in [-0.4, -0.2) is 18.1 Å². The molecule has 0 radical (unpaired) electrons. The van der Waals surface area contributed by atoms with Gasteiger partial charge in [-0.2, -0.15) is 0 Å². The summed E-state index contributed by atoms with van der Waals surface area (Å²) in [5.41, 5.74) is 7.78. The molecule has 0 aliphatic carbocycles. The molecule has 0 aliphatic heterocycles. The summed E-state index contributed by atoms with van der Waals surface area (Å²) in [5, 5.41) is 12.0. The number of ether oxygens (including phenoxy) is 1. The van der Waals surface area contributed by atoms with Crippen molar-refractivity contribution in [2.75, 3.05) is 18.2 Å². The number of anilines is 2. The largest absolute Gasteiger partial charge is 0.496 e. The highest BCUT2D eigenvalue weighted by atomic mass is 16.5. The molecule has 0 saturated carbocycles. The van der Waals surface area contributed by atoms with Crippen LogP contribution in [0, 0.1) is 0 Å². The Hall–Kier alpha value is -2.53. The predicted molar refractivity (Wildman–Crippen MR) is 77.7 cm³/mol. The Morgan fingerprint density at radius 1 is 1.30 bits per heavy atom. The third-order valence-corrected chi connectivity index (χ3v) is 2.91. The third-order valence-electron chi connectivity index (χ3n) is 2.91. The Balaban J connectivity index is 2.28. The zero-order valence-electron chi connectivity index (χ0n) is 11.1. The van der Waals surface area contributed by atoms with Crippen molar-refractivity contribution in [1.29, 1.82) is 0 Å². The van der Waals surface area contributed by atoms with Crippen molar-refractivity contribution in [1.82, 2.24) is 0 Å². The molecule has 0 saturated heterocycles. The van der Waals surface area contributed by atoms with Crippen molar-refractivity contribution < 1.29 is 14.6 Å². The SMILES string of the molecule is COc1cc(N)ccc1C(=O)Nc1ccccc1CO. The van der Waals surface area contributed by atoms with Crippen LogP contribution in [0.15, 0.2) is 42.5 Å². The Morgan fingerprint density at radius 3 is 2.75 bits per heavy atom. The minimum atomic E-state index is -0.317. The van der Waals surface area contributed by atoms with Gasteiger partial charge < -0.3 is 20.9 Å². The van der Waals surface area contributed by atoms with Crippen molar-refractivity contribution in [3.8, 4) is 5.75 Å². The lowest BCUT2D eigenvalue weighted by molar-refractivity contribution is 0.102. The maximum atomic E-state index is 12.3. The lowest BCUT2D eigenvalue weighted by Crippen LogP contribution is -2.14. The minimum Gasteiger partial charge on any atom is -0.496 e. The number of methoxy groups -OCH3 is 1. The van der Waals surface area contributed by atoms with Gasteiger partial charge in [-0.15, -0.1) is 0 Å². The van der Waals surface area contributed by atoms with Crippen LogP contribution in [0.4, 0.5) is 11.4 Å². The van der Waals surface area contributed by atoms with E-state index in [1.165, 1.54) is 7.11 Å². The van der Waals surface area contributed by atoms with E-state index in [0.717, 1.165) is 0 Å². The first-order chi connectivity index (χ1) is 9.65. The van der Waals surface area contributed by atoms with E-state index in [9.17, 15) is 9.90 Å². The number of hydrogen-bond donors (Lipinski definition) is 3. The van der Waals surface area contributed by atoms with Crippen molar-refractivity contribution in [2.24, 2.45) is 0 Å². The van der Waals surface area contributed by atoms with E-state index in [0.29, 0.717) is 28.3 Å². The first-order valence-electron chi connectivity index (χ1n) is 6.09. The standard InChI is InChI=1S/C15H16N2O3/c1-20-14-8-11(16)6-7-12(14)15(19)17-13-5-3-2-4-10(13)9-18/h2-8,18H,9,16H2,1H3,(H,17,19). The molecule has 2 aromatic carbocycles. The van der Waals surface area contributed by atoms with E-state index in [-0.39, 0.29) is 12.5 Å². The van der Waals surface area contributed by atoms with Gasteiger partial charge in [0.1, 0.15) is 5.75 Å². The monoisotopic (exact) mass is 272 g/mol. The van der Waals surface area contributed by atoms with Gasteiger partial charge >= 0.3 is 0 Å². The molecule has 5 heteroatoms. The zero-order valence-corrected chi connectivity index (χ0v) is 11.1. The molecule has 0 bridgehead atoms. The predicted octanol–water partition coefficient (Wildman–Crippen LogP) is 2.02. The van der Waals surface area contributed by atoms with Crippen molar-refractivity contribution in [3.05, 3.63) is 53.6 Å². The number of aliphatic hydroxyl groups is 1. The van der Waals surface area contributed by atoms with Crippen LogP contribution in [0.2, 0.25) is 0 Å². The summed E-state index contributed by atoms with van der Waals surface area (Å²) in [6.07, 6.45) is 0.